The average Bonchev–Trinajstić information content (AvgIpc) is 2.56. The van der Waals surface area contributed by atoms with E-state index in [4.69, 9.17) is 5.26 Å². The van der Waals surface area contributed by atoms with Gasteiger partial charge in [0.1, 0.15) is 11.6 Å². The Balaban J connectivity index is 1.88. The second-order valence-electron chi connectivity index (χ2n) is 5.32. The summed E-state index contributed by atoms with van der Waals surface area (Å²) in [6.07, 6.45) is -0.0369. The van der Waals surface area contributed by atoms with Crippen molar-refractivity contribution in [3.8, 4) is 6.07 Å². The predicted octanol–water partition coefficient (Wildman–Crippen LogP) is 2.90. The summed E-state index contributed by atoms with van der Waals surface area (Å²) >= 11 is 0. The number of benzene rings is 2. The molecule has 7 heteroatoms. The fraction of sp³-hybridized carbons (Fsp3) is 0.167. The fourth-order valence-electron chi connectivity index (χ4n) is 2.10. The summed E-state index contributed by atoms with van der Waals surface area (Å²) in [5.74, 6) is -2.83. The molecule has 0 heterocycles. The van der Waals surface area contributed by atoms with Crippen LogP contribution in [0.4, 0.5) is 14.5 Å². The lowest BCUT2D eigenvalue weighted by atomic mass is 10.1. The predicted molar refractivity (Wildman–Crippen MR) is 87.8 cm³/mol. The first kappa shape index (κ1) is 18.1. The minimum absolute atomic E-state index is 0.0154. The standard InChI is InChI=1S/C18H15F2N3O2/c1-11-2-3-12(10-21)8-16(11)23-17(24)6-7-22-18(25)14-5-4-13(19)9-15(14)20/h2-5,8-9H,6-7H2,1H3,(H,22,25)(H,23,24). The number of nitriles is 1. The van der Waals surface area contributed by atoms with E-state index in [0.717, 1.165) is 17.7 Å². The lowest BCUT2D eigenvalue weighted by Gasteiger charge is -2.09. The van der Waals surface area contributed by atoms with Gasteiger partial charge in [-0.05, 0) is 36.8 Å². The van der Waals surface area contributed by atoms with Crippen molar-refractivity contribution in [1.82, 2.24) is 5.32 Å². The summed E-state index contributed by atoms with van der Waals surface area (Å²) in [4.78, 5) is 23.7. The van der Waals surface area contributed by atoms with Crippen LogP contribution in [0.5, 0.6) is 0 Å². The zero-order valence-corrected chi connectivity index (χ0v) is 13.4. The van der Waals surface area contributed by atoms with Crippen LogP contribution in [0.2, 0.25) is 0 Å². The molecule has 2 aromatic carbocycles. The van der Waals surface area contributed by atoms with Gasteiger partial charge in [-0.15, -0.1) is 0 Å². The van der Waals surface area contributed by atoms with Crippen molar-refractivity contribution in [3.05, 3.63) is 64.7 Å². The molecule has 2 N–H and O–H groups in total. The van der Waals surface area contributed by atoms with Crippen LogP contribution in [0.25, 0.3) is 0 Å². The Labute approximate surface area is 143 Å². The zero-order chi connectivity index (χ0) is 18.4. The second-order valence-corrected chi connectivity index (χ2v) is 5.32. The van der Waals surface area contributed by atoms with Gasteiger partial charge >= 0.3 is 0 Å². The van der Waals surface area contributed by atoms with Crippen LogP contribution < -0.4 is 10.6 Å². The summed E-state index contributed by atoms with van der Waals surface area (Å²) in [5.41, 5.74) is 1.44. The molecule has 128 valence electrons. The summed E-state index contributed by atoms with van der Waals surface area (Å²) < 4.78 is 26.3. The third-order valence-corrected chi connectivity index (χ3v) is 3.45. The van der Waals surface area contributed by atoms with Gasteiger partial charge in [-0.2, -0.15) is 5.26 Å². The van der Waals surface area contributed by atoms with Gasteiger partial charge in [0.05, 0.1) is 17.2 Å². The molecule has 0 atom stereocenters. The molecule has 0 fully saturated rings. The average molecular weight is 343 g/mol. The van der Waals surface area contributed by atoms with Gasteiger partial charge in [0, 0.05) is 24.7 Å². The largest absolute Gasteiger partial charge is 0.351 e. The molecule has 0 saturated carbocycles. The molecule has 5 nitrogen and oxygen atoms in total. The van der Waals surface area contributed by atoms with Gasteiger partial charge in [0.2, 0.25) is 5.91 Å². The summed E-state index contributed by atoms with van der Waals surface area (Å²) in [6.45, 7) is 1.77. The highest BCUT2D eigenvalue weighted by molar-refractivity contribution is 5.95. The van der Waals surface area contributed by atoms with Gasteiger partial charge in [0.15, 0.2) is 0 Å². The Hall–Kier alpha value is -3.27. The van der Waals surface area contributed by atoms with Crippen LogP contribution in [0.3, 0.4) is 0 Å². The van der Waals surface area contributed by atoms with Crippen molar-refractivity contribution in [2.75, 3.05) is 11.9 Å². The number of carbonyl (C=O) groups is 2. The molecular formula is C18H15F2N3O2. The van der Waals surface area contributed by atoms with Crippen LogP contribution in [0.15, 0.2) is 36.4 Å². The van der Waals surface area contributed by atoms with Crippen molar-refractivity contribution in [2.24, 2.45) is 0 Å². The number of anilines is 1. The number of rotatable bonds is 5. The van der Waals surface area contributed by atoms with Gasteiger partial charge in [-0.3, -0.25) is 9.59 Å². The smallest absolute Gasteiger partial charge is 0.254 e. The van der Waals surface area contributed by atoms with E-state index in [-0.39, 0.29) is 24.4 Å². The van der Waals surface area contributed by atoms with Crippen LogP contribution in [-0.4, -0.2) is 18.4 Å². The van der Waals surface area contributed by atoms with Crippen LogP contribution in [0.1, 0.15) is 27.9 Å². The third-order valence-electron chi connectivity index (χ3n) is 3.45. The maximum Gasteiger partial charge on any atom is 0.254 e. The van der Waals surface area contributed by atoms with E-state index in [1.54, 1.807) is 25.1 Å². The second kappa shape index (κ2) is 8.02. The third kappa shape index (κ3) is 4.85. The van der Waals surface area contributed by atoms with Crippen LogP contribution >= 0.6 is 0 Å². The van der Waals surface area contributed by atoms with E-state index in [2.05, 4.69) is 10.6 Å². The number of aryl methyl sites for hydroxylation is 1. The normalized spacial score (nSPS) is 10.0. The van der Waals surface area contributed by atoms with Crippen molar-refractivity contribution < 1.29 is 18.4 Å². The van der Waals surface area contributed by atoms with Crippen molar-refractivity contribution in [1.29, 1.82) is 5.26 Å². The molecule has 0 saturated heterocycles. The molecule has 0 spiro atoms. The summed E-state index contributed by atoms with van der Waals surface area (Å²) in [6, 6.07) is 9.53. The molecule has 0 aliphatic rings. The van der Waals surface area contributed by atoms with E-state index in [9.17, 15) is 18.4 Å². The van der Waals surface area contributed by atoms with Crippen LogP contribution in [-0.2, 0) is 4.79 Å². The number of amides is 2. The first-order valence-electron chi connectivity index (χ1n) is 7.44. The molecule has 0 aromatic heterocycles. The Kier molecular flexibility index (Phi) is 5.79. The number of nitrogens with zero attached hydrogens (tertiary/aromatic N) is 1. The van der Waals surface area contributed by atoms with Gasteiger partial charge in [-0.25, -0.2) is 8.78 Å². The number of halogens is 2. The fourth-order valence-corrected chi connectivity index (χ4v) is 2.10. The Morgan fingerprint density at radius 2 is 1.92 bits per heavy atom. The number of hydrogen-bond acceptors (Lipinski definition) is 3. The molecule has 0 radical (unpaired) electrons. The molecule has 2 aromatic rings. The molecule has 0 aliphatic carbocycles. The summed E-state index contributed by atoms with van der Waals surface area (Å²) in [7, 11) is 0. The molecule has 0 unspecified atom stereocenters. The van der Waals surface area contributed by atoms with Crippen molar-refractivity contribution in [2.45, 2.75) is 13.3 Å². The molecule has 2 rings (SSSR count). The number of hydrogen-bond donors (Lipinski definition) is 2. The Morgan fingerprint density at radius 3 is 2.60 bits per heavy atom. The first-order valence-corrected chi connectivity index (χ1v) is 7.44. The highest BCUT2D eigenvalue weighted by Crippen LogP contribution is 2.16. The van der Waals surface area contributed by atoms with Gasteiger partial charge in [0.25, 0.3) is 5.91 Å². The quantitative estimate of drug-likeness (QED) is 0.876. The lowest BCUT2D eigenvalue weighted by molar-refractivity contribution is -0.116. The monoisotopic (exact) mass is 343 g/mol. The lowest BCUT2D eigenvalue weighted by Crippen LogP contribution is -2.28. The first-order chi connectivity index (χ1) is 11.9. The SMILES string of the molecule is Cc1ccc(C#N)cc1NC(=O)CCNC(=O)c1ccc(F)cc1F. The topological polar surface area (TPSA) is 82.0 Å². The zero-order valence-electron chi connectivity index (χ0n) is 13.4. The number of carbonyl (C=O) groups excluding carboxylic acids is 2. The van der Waals surface area contributed by atoms with E-state index >= 15 is 0 Å². The van der Waals surface area contributed by atoms with Crippen LogP contribution in [0, 0.1) is 29.9 Å². The minimum atomic E-state index is -0.967. The van der Waals surface area contributed by atoms with E-state index in [1.807, 2.05) is 6.07 Å². The summed E-state index contributed by atoms with van der Waals surface area (Å²) in [5, 5.41) is 13.9. The molecule has 2 amide bonds. The van der Waals surface area contributed by atoms with Crippen molar-refractivity contribution in [3.63, 3.8) is 0 Å². The molecule has 25 heavy (non-hydrogen) atoms. The minimum Gasteiger partial charge on any atom is -0.351 e. The van der Waals surface area contributed by atoms with Gasteiger partial charge < -0.3 is 10.6 Å². The Bertz CT molecular complexity index is 860. The van der Waals surface area contributed by atoms with E-state index < -0.39 is 17.5 Å². The molecular weight excluding hydrogens is 328 g/mol. The van der Waals surface area contributed by atoms with Crippen molar-refractivity contribution >= 4 is 17.5 Å². The molecule has 0 aliphatic heterocycles. The number of nitrogens with one attached hydrogen (secondary N) is 2. The van der Waals surface area contributed by atoms with E-state index in [0.29, 0.717) is 17.3 Å². The Morgan fingerprint density at radius 1 is 1.16 bits per heavy atom. The van der Waals surface area contributed by atoms with Gasteiger partial charge in [-0.1, -0.05) is 6.07 Å². The highest BCUT2D eigenvalue weighted by Gasteiger charge is 2.13. The maximum atomic E-state index is 13.5. The highest BCUT2D eigenvalue weighted by atomic mass is 19.1. The van der Waals surface area contributed by atoms with E-state index in [1.165, 1.54) is 0 Å². The maximum absolute atomic E-state index is 13.5. The molecule has 0 bridgehead atoms.